The second kappa shape index (κ2) is 9.13. The molecule has 1 aliphatic rings. The van der Waals surface area contributed by atoms with Gasteiger partial charge in [0.1, 0.15) is 5.82 Å². The van der Waals surface area contributed by atoms with Crippen LogP contribution in [0, 0.1) is 0 Å². The Morgan fingerprint density at radius 3 is 2.68 bits per heavy atom. The van der Waals surface area contributed by atoms with Gasteiger partial charge in [-0.1, -0.05) is 12.1 Å². The standard InChI is InChI=1S/C27H26N6O3S/c1-37(35,36)24-14-17(4-5-19(24)16-33-10-2-3-11-33)23-13-18-8-9-28-27(34)25(18)26(31-23)30-21-6-7-22-20(12-21)15-29-32-22/h4-9,12-15H,2-3,10-11,16H2,1H3,(H,28,34)(H,29,32)(H,30,31). The van der Waals surface area contributed by atoms with Crippen molar-refractivity contribution in [1.29, 1.82) is 0 Å². The maximum atomic E-state index is 12.8. The van der Waals surface area contributed by atoms with Crippen LogP contribution in [0.15, 0.2) is 70.6 Å². The number of pyridine rings is 2. The lowest BCUT2D eigenvalue weighted by Crippen LogP contribution is -2.20. The van der Waals surface area contributed by atoms with Gasteiger partial charge in [-0.15, -0.1) is 0 Å². The fraction of sp³-hybridized carbons (Fsp3) is 0.222. The number of hydrogen-bond acceptors (Lipinski definition) is 7. The van der Waals surface area contributed by atoms with Gasteiger partial charge in [-0.2, -0.15) is 5.10 Å². The van der Waals surface area contributed by atoms with Crippen molar-refractivity contribution < 1.29 is 8.42 Å². The monoisotopic (exact) mass is 514 g/mol. The lowest BCUT2D eigenvalue weighted by atomic mass is 10.1. The van der Waals surface area contributed by atoms with Crippen molar-refractivity contribution in [3.63, 3.8) is 0 Å². The molecule has 3 aromatic heterocycles. The summed E-state index contributed by atoms with van der Waals surface area (Å²) < 4.78 is 25.5. The number of fused-ring (bicyclic) bond motifs is 2. The van der Waals surface area contributed by atoms with Crippen LogP contribution < -0.4 is 10.9 Å². The first-order valence-electron chi connectivity index (χ1n) is 12.1. The molecule has 5 aromatic rings. The van der Waals surface area contributed by atoms with Gasteiger partial charge in [-0.3, -0.25) is 14.8 Å². The number of aromatic amines is 2. The first kappa shape index (κ1) is 23.4. The second-order valence-corrected chi connectivity index (χ2v) is 11.5. The Hall–Kier alpha value is -4.02. The molecule has 3 N–H and O–H groups in total. The summed E-state index contributed by atoms with van der Waals surface area (Å²) >= 11 is 0. The molecule has 0 saturated carbocycles. The number of nitrogens with one attached hydrogen (secondary N) is 3. The molecule has 0 bridgehead atoms. The number of sulfone groups is 1. The Balaban J connectivity index is 1.46. The molecular weight excluding hydrogens is 488 g/mol. The summed E-state index contributed by atoms with van der Waals surface area (Å²) in [6.45, 7) is 2.56. The van der Waals surface area contributed by atoms with E-state index in [9.17, 15) is 13.2 Å². The lowest BCUT2D eigenvalue weighted by Gasteiger charge is -2.18. The molecule has 0 spiro atoms. The van der Waals surface area contributed by atoms with Crippen molar-refractivity contribution in [3.8, 4) is 11.3 Å². The number of rotatable bonds is 6. The minimum atomic E-state index is -3.46. The minimum absolute atomic E-state index is 0.263. The molecule has 10 heteroatoms. The van der Waals surface area contributed by atoms with Gasteiger partial charge < -0.3 is 10.3 Å². The molecule has 1 aliphatic heterocycles. The van der Waals surface area contributed by atoms with Crippen molar-refractivity contribution in [1.82, 2.24) is 25.1 Å². The van der Waals surface area contributed by atoms with Crippen LogP contribution in [0.3, 0.4) is 0 Å². The Kier molecular flexibility index (Phi) is 5.77. The van der Waals surface area contributed by atoms with E-state index in [0.717, 1.165) is 48.1 Å². The summed E-state index contributed by atoms with van der Waals surface area (Å²) in [6.07, 6.45) is 6.83. The minimum Gasteiger partial charge on any atom is -0.340 e. The van der Waals surface area contributed by atoms with Gasteiger partial charge in [0.25, 0.3) is 5.56 Å². The van der Waals surface area contributed by atoms with Gasteiger partial charge >= 0.3 is 0 Å². The summed E-state index contributed by atoms with van der Waals surface area (Å²) in [5, 5.41) is 12.3. The highest BCUT2D eigenvalue weighted by Crippen LogP contribution is 2.31. The van der Waals surface area contributed by atoms with E-state index in [1.165, 1.54) is 6.26 Å². The number of H-pyrrole nitrogens is 2. The Bertz CT molecular complexity index is 1800. The number of benzene rings is 2. The number of anilines is 2. The zero-order valence-electron chi connectivity index (χ0n) is 20.3. The molecule has 1 saturated heterocycles. The SMILES string of the molecule is CS(=O)(=O)c1cc(-c2cc3cc[nH]c(=O)c3c(Nc3ccc4[nH]ncc4c3)n2)ccc1CN1CCCC1. The fourth-order valence-electron chi connectivity index (χ4n) is 4.98. The van der Waals surface area contributed by atoms with Gasteiger partial charge in [-0.05, 0) is 73.3 Å². The van der Waals surface area contributed by atoms with E-state index in [-0.39, 0.29) is 5.56 Å². The average molecular weight is 515 g/mol. The molecule has 0 atom stereocenters. The molecule has 4 heterocycles. The zero-order valence-corrected chi connectivity index (χ0v) is 21.1. The van der Waals surface area contributed by atoms with Crippen LogP contribution in [0.4, 0.5) is 11.5 Å². The van der Waals surface area contributed by atoms with Gasteiger partial charge in [0.05, 0.1) is 27.7 Å². The topological polar surface area (TPSA) is 124 Å². The third-order valence-electron chi connectivity index (χ3n) is 6.81. The van der Waals surface area contributed by atoms with Crippen LogP contribution >= 0.6 is 0 Å². The maximum absolute atomic E-state index is 12.8. The molecule has 9 nitrogen and oxygen atoms in total. The predicted octanol–water partition coefficient (Wildman–Crippen LogP) is 4.21. The zero-order chi connectivity index (χ0) is 25.6. The Morgan fingerprint density at radius 2 is 1.86 bits per heavy atom. The van der Waals surface area contributed by atoms with Crippen LogP contribution in [0.25, 0.3) is 32.9 Å². The van der Waals surface area contributed by atoms with E-state index >= 15 is 0 Å². The highest BCUT2D eigenvalue weighted by molar-refractivity contribution is 7.90. The van der Waals surface area contributed by atoms with Gasteiger partial charge in [-0.25, -0.2) is 13.4 Å². The smallest absolute Gasteiger partial charge is 0.259 e. The highest BCUT2D eigenvalue weighted by Gasteiger charge is 2.20. The van der Waals surface area contributed by atoms with Crippen LogP contribution in [0.1, 0.15) is 18.4 Å². The van der Waals surface area contributed by atoms with Crippen LogP contribution in [-0.2, 0) is 16.4 Å². The lowest BCUT2D eigenvalue weighted by molar-refractivity contribution is 0.328. The summed E-state index contributed by atoms with van der Waals surface area (Å²) in [6, 6.07) is 14.8. The van der Waals surface area contributed by atoms with Crippen LogP contribution in [-0.4, -0.2) is 52.8 Å². The fourth-order valence-corrected chi connectivity index (χ4v) is 5.93. The van der Waals surface area contributed by atoms with Crippen molar-refractivity contribution in [2.45, 2.75) is 24.3 Å². The van der Waals surface area contributed by atoms with Gasteiger partial charge in [0, 0.05) is 35.6 Å². The molecule has 0 amide bonds. The molecule has 0 unspecified atom stereocenters. The average Bonchev–Trinajstić information content (AvgIpc) is 3.55. The summed E-state index contributed by atoms with van der Waals surface area (Å²) in [5.41, 5.74) is 3.42. The van der Waals surface area contributed by atoms with Crippen molar-refractivity contribution in [2.75, 3.05) is 24.7 Å². The van der Waals surface area contributed by atoms with E-state index < -0.39 is 9.84 Å². The molecule has 2 aromatic carbocycles. The molecule has 0 radical (unpaired) electrons. The number of nitrogens with zero attached hydrogens (tertiary/aromatic N) is 3. The van der Waals surface area contributed by atoms with Crippen LogP contribution in [0.2, 0.25) is 0 Å². The quantitative estimate of drug-likeness (QED) is 0.310. The van der Waals surface area contributed by atoms with E-state index in [0.29, 0.717) is 39.3 Å². The Morgan fingerprint density at radius 1 is 1.03 bits per heavy atom. The van der Waals surface area contributed by atoms with E-state index in [4.69, 9.17) is 4.98 Å². The number of hydrogen-bond donors (Lipinski definition) is 3. The van der Waals surface area contributed by atoms with Crippen molar-refractivity contribution >= 4 is 43.0 Å². The van der Waals surface area contributed by atoms with Gasteiger partial charge in [0.15, 0.2) is 9.84 Å². The number of aromatic nitrogens is 4. The third-order valence-corrected chi connectivity index (χ3v) is 7.99. The second-order valence-electron chi connectivity index (χ2n) is 9.50. The molecular formula is C27H26N6O3S. The summed E-state index contributed by atoms with van der Waals surface area (Å²) in [5.74, 6) is 0.388. The first-order chi connectivity index (χ1) is 17.8. The maximum Gasteiger partial charge on any atom is 0.259 e. The van der Waals surface area contributed by atoms with E-state index in [1.54, 1.807) is 18.5 Å². The first-order valence-corrected chi connectivity index (χ1v) is 14.0. The largest absolute Gasteiger partial charge is 0.340 e. The normalized spacial score (nSPS) is 14.5. The predicted molar refractivity (Wildman–Crippen MR) is 145 cm³/mol. The molecule has 1 fully saturated rings. The van der Waals surface area contributed by atoms with Crippen molar-refractivity contribution in [3.05, 3.63) is 76.8 Å². The highest BCUT2D eigenvalue weighted by atomic mass is 32.2. The summed E-state index contributed by atoms with van der Waals surface area (Å²) in [7, 11) is -3.46. The number of likely N-dealkylation sites (tertiary alicyclic amines) is 1. The van der Waals surface area contributed by atoms with Gasteiger partial charge in [0.2, 0.25) is 0 Å². The van der Waals surface area contributed by atoms with Crippen molar-refractivity contribution in [2.24, 2.45) is 0 Å². The summed E-state index contributed by atoms with van der Waals surface area (Å²) in [4.78, 5) is 22.9. The molecule has 6 rings (SSSR count). The molecule has 37 heavy (non-hydrogen) atoms. The van der Waals surface area contributed by atoms with E-state index in [2.05, 4.69) is 25.4 Å². The molecule has 0 aliphatic carbocycles. The Labute approximate surface area is 213 Å². The van der Waals surface area contributed by atoms with E-state index in [1.807, 2.05) is 42.5 Å². The van der Waals surface area contributed by atoms with Crippen LogP contribution in [0.5, 0.6) is 0 Å². The molecule has 188 valence electrons. The third kappa shape index (κ3) is 4.61.